The molecule has 2 aromatic rings. The quantitative estimate of drug-likeness (QED) is 0.868. The monoisotopic (exact) mass is 346 g/mol. The van der Waals surface area contributed by atoms with E-state index in [0.29, 0.717) is 23.7 Å². The number of amides is 2. The summed E-state index contributed by atoms with van der Waals surface area (Å²) in [4.78, 5) is 23.3. The topological polar surface area (TPSA) is 93.2 Å². The first-order valence-corrected chi connectivity index (χ1v) is 8.52. The van der Waals surface area contributed by atoms with Gasteiger partial charge in [0.1, 0.15) is 10.8 Å². The molecule has 126 valence electrons. The Morgan fingerprint density at radius 1 is 1.38 bits per heavy atom. The van der Waals surface area contributed by atoms with E-state index in [1.165, 1.54) is 11.3 Å². The Morgan fingerprint density at radius 2 is 2.21 bits per heavy atom. The van der Waals surface area contributed by atoms with E-state index in [1.807, 2.05) is 19.9 Å². The average molecular weight is 346 g/mol. The molecule has 0 atom stereocenters. The Labute approximate surface area is 143 Å². The van der Waals surface area contributed by atoms with E-state index in [9.17, 15) is 9.59 Å². The third-order valence-electron chi connectivity index (χ3n) is 3.52. The van der Waals surface area contributed by atoms with E-state index < -0.39 is 0 Å². The highest BCUT2D eigenvalue weighted by atomic mass is 32.1. The Bertz CT molecular complexity index is 772. The minimum atomic E-state index is -0.285. The molecule has 1 aliphatic heterocycles. The number of hydrogen-bond acceptors (Lipinski definition) is 6. The van der Waals surface area contributed by atoms with Crippen LogP contribution in [0.2, 0.25) is 0 Å². The molecule has 24 heavy (non-hydrogen) atoms. The summed E-state index contributed by atoms with van der Waals surface area (Å²) >= 11 is 1.36. The van der Waals surface area contributed by atoms with Gasteiger partial charge in [-0.2, -0.15) is 0 Å². The summed E-state index contributed by atoms with van der Waals surface area (Å²) in [6.45, 7) is 3.93. The van der Waals surface area contributed by atoms with Gasteiger partial charge < -0.3 is 10.1 Å². The van der Waals surface area contributed by atoms with Crippen molar-refractivity contribution in [3.63, 3.8) is 0 Å². The maximum absolute atomic E-state index is 11.9. The van der Waals surface area contributed by atoms with Crippen molar-refractivity contribution in [2.24, 2.45) is 0 Å². The molecule has 8 heteroatoms. The number of benzene rings is 1. The largest absolute Gasteiger partial charge is 0.484 e. The summed E-state index contributed by atoms with van der Waals surface area (Å²) in [5.41, 5.74) is 1.82. The number of aromatic nitrogens is 2. The first kappa shape index (κ1) is 16.4. The van der Waals surface area contributed by atoms with Crippen molar-refractivity contribution in [2.45, 2.75) is 32.6 Å². The van der Waals surface area contributed by atoms with E-state index >= 15 is 0 Å². The summed E-state index contributed by atoms with van der Waals surface area (Å²) < 4.78 is 5.52. The number of nitrogens with one attached hydrogen (secondary N) is 2. The number of carbonyl (C=O) groups is 2. The molecule has 0 saturated heterocycles. The normalized spacial score (nSPS) is 13.4. The molecule has 0 aliphatic carbocycles. The van der Waals surface area contributed by atoms with Crippen LogP contribution in [0.4, 0.5) is 10.8 Å². The zero-order valence-electron chi connectivity index (χ0n) is 13.5. The predicted octanol–water partition coefficient (Wildman–Crippen LogP) is 2.56. The van der Waals surface area contributed by atoms with Crippen LogP contribution >= 0.6 is 11.3 Å². The molecule has 0 spiro atoms. The van der Waals surface area contributed by atoms with Crippen LogP contribution in [-0.2, 0) is 16.0 Å². The summed E-state index contributed by atoms with van der Waals surface area (Å²) in [5, 5.41) is 14.8. The maximum atomic E-state index is 11.9. The molecule has 2 N–H and O–H groups in total. The van der Waals surface area contributed by atoms with Gasteiger partial charge in [-0.15, -0.1) is 10.2 Å². The zero-order chi connectivity index (χ0) is 17.1. The molecule has 0 unspecified atom stereocenters. The molecular formula is C16H18N4O3S. The summed E-state index contributed by atoms with van der Waals surface area (Å²) in [7, 11) is 0. The van der Waals surface area contributed by atoms with Crippen LogP contribution in [0, 0.1) is 0 Å². The fourth-order valence-corrected chi connectivity index (χ4v) is 3.03. The molecule has 1 aromatic carbocycles. The fourth-order valence-electron chi connectivity index (χ4n) is 2.27. The maximum Gasteiger partial charge on any atom is 0.264 e. The molecule has 7 nitrogen and oxygen atoms in total. The van der Waals surface area contributed by atoms with E-state index in [-0.39, 0.29) is 24.3 Å². The summed E-state index contributed by atoms with van der Waals surface area (Å²) in [5.74, 6) is 0.612. The number of fused-ring (bicyclic) bond motifs is 1. The number of ether oxygens (including phenoxy) is 1. The van der Waals surface area contributed by atoms with E-state index in [0.717, 1.165) is 16.3 Å². The van der Waals surface area contributed by atoms with Gasteiger partial charge in [0.25, 0.3) is 5.91 Å². The Kier molecular flexibility index (Phi) is 4.75. The van der Waals surface area contributed by atoms with Crippen LogP contribution in [-0.4, -0.2) is 28.6 Å². The van der Waals surface area contributed by atoms with Gasteiger partial charge in [-0.25, -0.2) is 0 Å². The standard InChI is InChI=1S/C16H18N4O3S/c1-9(2)15-19-20-16(24-15)18-14(22)8-23-11-4-5-12-10(7-11)3-6-13(21)17-12/h4-5,7,9H,3,6,8H2,1-2H3,(H,17,21)(H,18,20,22). The van der Waals surface area contributed by atoms with Crippen molar-refractivity contribution in [3.8, 4) is 5.75 Å². The Hall–Kier alpha value is -2.48. The van der Waals surface area contributed by atoms with Crippen molar-refractivity contribution in [1.29, 1.82) is 0 Å². The van der Waals surface area contributed by atoms with Gasteiger partial charge >= 0.3 is 0 Å². The lowest BCUT2D eigenvalue weighted by Gasteiger charge is -2.17. The average Bonchev–Trinajstić information content (AvgIpc) is 3.01. The van der Waals surface area contributed by atoms with Crippen molar-refractivity contribution >= 4 is 34.0 Å². The lowest BCUT2D eigenvalue weighted by Crippen LogP contribution is -2.21. The second-order valence-corrected chi connectivity index (χ2v) is 6.81. The van der Waals surface area contributed by atoms with Crippen molar-refractivity contribution in [3.05, 3.63) is 28.8 Å². The first-order chi connectivity index (χ1) is 11.5. The smallest absolute Gasteiger partial charge is 0.264 e. The number of anilines is 2. The van der Waals surface area contributed by atoms with Crippen LogP contribution in [0.25, 0.3) is 0 Å². The second kappa shape index (κ2) is 6.96. The lowest BCUT2D eigenvalue weighted by atomic mass is 10.0. The van der Waals surface area contributed by atoms with Crippen LogP contribution < -0.4 is 15.4 Å². The SMILES string of the molecule is CC(C)c1nnc(NC(=O)COc2ccc3c(c2)CCC(=O)N3)s1. The highest BCUT2D eigenvalue weighted by molar-refractivity contribution is 7.15. The number of rotatable bonds is 5. The Balaban J connectivity index is 1.55. The predicted molar refractivity (Wildman–Crippen MR) is 91.5 cm³/mol. The van der Waals surface area contributed by atoms with Gasteiger partial charge in [-0.3, -0.25) is 14.9 Å². The van der Waals surface area contributed by atoms with Gasteiger partial charge in [0, 0.05) is 18.0 Å². The van der Waals surface area contributed by atoms with Crippen LogP contribution in [0.15, 0.2) is 18.2 Å². The van der Waals surface area contributed by atoms with Crippen molar-refractivity contribution < 1.29 is 14.3 Å². The lowest BCUT2D eigenvalue weighted by molar-refractivity contribution is -0.118. The number of nitrogens with zero attached hydrogens (tertiary/aromatic N) is 2. The van der Waals surface area contributed by atoms with Gasteiger partial charge in [0.2, 0.25) is 11.0 Å². The van der Waals surface area contributed by atoms with E-state index in [4.69, 9.17) is 4.74 Å². The molecule has 0 fully saturated rings. The minimum Gasteiger partial charge on any atom is -0.484 e. The molecule has 2 heterocycles. The third-order valence-corrected chi connectivity index (χ3v) is 4.66. The molecule has 1 aromatic heterocycles. The van der Waals surface area contributed by atoms with E-state index in [1.54, 1.807) is 12.1 Å². The van der Waals surface area contributed by atoms with Crippen molar-refractivity contribution in [2.75, 3.05) is 17.2 Å². The number of aryl methyl sites for hydroxylation is 1. The van der Waals surface area contributed by atoms with Gasteiger partial charge in [0.05, 0.1) is 0 Å². The van der Waals surface area contributed by atoms with E-state index in [2.05, 4.69) is 20.8 Å². The molecule has 3 rings (SSSR count). The van der Waals surface area contributed by atoms with Crippen LogP contribution in [0.5, 0.6) is 5.75 Å². The molecule has 0 radical (unpaired) electrons. The van der Waals surface area contributed by atoms with Crippen molar-refractivity contribution in [1.82, 2.24) is 10.2 Å². The number of carbonyl (C=O) groups excluding carboxylic acids is 2. The molecule has 0 saturated carbocycles. The zero-order valence-corrected chi connectivity index (χ0v) is 14.3. The molecule has 2 amide bonds. The summed E-state index contributed by atoms with van der Waals surface area (Å²) in [6.07, 6.45) is 1.14. The first-order valence-electron chi connectivity index (χ1n) is 7.70. The van der Waals surface area contributed by atoms with Crippen LogP contribution in [0.3, 0.4) is 0 Å². The highest BCUT2D eigenvalue weighted by Gasteiger charge is 2.16. The van der Waals surface area contributed by atoms with Gasteiger partial charge in [-0.1, -0.05) is 25.2 Å². The van der Waals surface area contributed by atoms with Crippen LogP contribution in [0.1, 0.15) is 36.8 Å². The Morgan fingerprint density at radius 3 is 2.96 bits per heavy atom. The molecule has 0 bridgehead atoms. The number of hydrogen-bond donors (Lipinski definition) is 2. The highest BCUT2D eigenvalue weighted by Crippen LogP contribution is 2.27. The minimum absolute atomic E-state index is 0.0216. The molecular weight excluding hydrogens is 328 g/mol. The molecule has 1 aliphatic rings. The third kappa shape index (κ3) is 3.88. The van der Waals surface area contributed by atoms with Gasteiger partial charge in [-0.05, 0) is 30.2 Å². The summed E-state index contributed by atoms with van der Waals surface area (Å²) in [6, 6.07) is 5.38. The second-order valence-electron chi connectivity index (χ2n) is 5.80. The van der Waals surface area contributed by atoms with Gasteiger partial charge in [0.15, 0.2) is 6.61 Å². The fraction of sp³-hybridized carbons (Fsp3) is 0.375.